The molecule has 15 aromatic rings. The van der Waals surface area contributed by atoms with E-state index in [0.717, 1.165) is 0 Å². The van der Waals surface area contributed by atoms with E-state index in [1.165, 1.54) is 0 Å². The summed E-state index contributed by atoms with van der Waals surface area (Å²) in [6.07, 6.45) is 0. The molecule has 0 fully saturated rings. The zero-order valence-electron chi connectivity index (χ0n) is 38.5. The molecule has 0 radical (unpaired) electrons. The van der Waals surface area contributed by atoms with Crippen molar-refractivity contribution < 1.29 is 17.1 Å². The Morgan fingerprint density at radius 2 is 0.321 bits per heavy atom. The summed E-state index contributed by atoms with van der Waals surface area (Å²) in [6, 6.07) is 0. The van der Waals surface area contributed by atoms with Crippen molar-refractivity contribution in [1.29, 1.82) is 0 Å². The average Bonchev–Trinajstić information content (AvgIpc) is 4.48. The summed E-state index contributed by atoms with van der Waals surface area (Å²) in [5.74, 6) is -2.91. The molecule has 2 aliphatic rings. The summed E-state index contributed by atoms with van der Waals surface area (Å²) >= 11 is 0. The Labute approximate surface area is 436 Å². The molecule has 32 nitrogen and oxygen atoms in total. The third kappa shape index (κ3) is 4.95. The first kappa shape index (κ1) is 45.1. The Kier molecular flexibility index (Phi) is 7.73. The summed E-state index contributed by atoms with van der Waals surface area (Å²) in [4.78, 5) is 275. The van der Waals surface area contributed by atoms with E-state index >= 15 is 0 Å². The molecule has 0 saturated heterocycles. The van der Waals surface area contributed by atoms with Gasteiger partial charge < -0.3 is 29.9 Å². The van der Waals surface area contributed by atoms with E-state index < -0.39 is 265 Å². The normalized spacial score (nSPS) is 12.6. The number of rotatable bonds is 0. The summed E-state index contributed by atoms with van der Waals surface area (Å²) in [5, 5.41) is -12.3. The van der Waals surface area contributed by atoms with Crippen molar-refractivity contribution in [3.8, 4) is 45.6 Å². The van der Waals surface area contributed by atoms with Crippen molar-refractivity contribution >= 4 is 130 Å². The Balaban J connectivity index is 0.00000542. The monoisotopic (exact) mass is 1120 g/mol. The second-order valence-corrected chi connectivity index (χ2v) is 18.7. The molecule has 384 valence electrons. The van der Waals surface area contributed by atoms with E-state index in [9.17, 15) is 76.7 Å². The minimum atomic E-state index is -1.18. The maximum absolute atomic E-state index is 14.0. The molecule has 8 bridgehead atoms. The molecule has 4 aromatic carbocycles. The van der Waals surface area contributed by atoms with Crippen LogP contribution in [0.1, 0.15) is 0 Å². The van der Waals surface area contributed by atoms with Crippen LogP contribution in [0.4, 0.5) is 0 Å². The predicted molar refractivity (Wildman–Crippen MR) is 279 cm³/mol. The largest absolute Gasteiger partial charge is 2.00 e. The molecule has 0 unspecified atom stereocenters. The molecule has 2 aliphatic heterocycles. The van der Waals surface area contributed by atoms with Crippen molar-refractivity contribution in [3.63, 3.8) is 0 Å². The van der Waals surface area contributed by atoms with Gasteiger partial charge in [-0.05, 0) is 0 Å². The number of aromatic nitrogens is 16. The van der Waals surface area contributed by atoms with Gasteiger partial charge in [0.05, 0.1) is 109 Å². The summed E-state index contributed by atoms with van der Waals surface area (Å²) < 4.78 is 0. The zero-order chi connectivity index (χ0) is 55.0. The molecular weight excluding hydrogens is 1110 g/mol. The predicted octanol–water partition coefficient (Wildman–Crippen LogP) is -4.76. The second kappa shape index (κ2) is 13.9. The second-order valence-electron chi connectivity index (χ2n) is 18.7. The number of aromatic amines is 8. The fourth-order valence-electron chi connectivity index (χ4n) is 12.1. The number of fused-ring (bicyclic) bond motifs is 40. The van der Waals surface area contributed by atoms with Crippen LogP contribution in [0, 0.1) is 0 Å². The van der Waals surface area contributed by atoms with Crippen LogP contribution in [-0.4, -0.2) is 69.8 Å². The van der Waals surface area contributed by atoms with E-state index in [2.05, 4.69) is 79.7 Å². The van der Waals surface area contributed by atoms with E-state index in [-0.39, 0.29) is 17.1 Å². The number of nitrogens with zero attached hydrogens (tertiary/aromatic N) is 8. The minimum absolute atomic E-state index is 0. The van der Waals surface area contributed by atoms with E-state index in [4.69, 9.17) is 0 Å². The Bertz CT molecular complexity index is 6120. The molecule has 0 atom stereocenters. The van der Waals surface area contributed by atoms with Gasteiger partial charge >= 0.3 is 17.1 Å². The van der Waals surface area contributed by atoms with Crippen molar-refractivity contribution in [2.75, 3.05) is 0 Å². The van der Waals surface area contributed by atoms with Gasteiger partial charge in [-0.15, -0.1) is 0 Å². The molecule has 0 amide bonds. The SMILES string of the molecule is O=c1[nH]c(=O)c2c1c1c(c3c(=O)[nH]c(=O)c32)-c2nc-1nc1[n-]c(nc3nc(nc4[n-]c(n2)c2c5c(=O)[nH]c(=O)c5c5c(=O)[nH]c(=O)c5c42)-c2c-3c3c(=O)[nH]c(=O)c3c3c(=O)[nH]c(=O)c23)c2c3c(=O)[nH]c(=O)c3c3c(=O)[nH]c(=O)c3c12.[Fe+2]. The van der Waals surface area contributed by atoms with Gasteiger partial charge in [-0.1, -0.05) is 0 Å². The fourth-order valence-corrected chi connectivity index (χ4v) is 12.1. The first-order valence-corrected chi connectivity index (χ1v) is 22.8. The van der Waals surface area contributed by atoms with Gasteiger partial charge in [0.2, 0.25) is 0 Å². The third-order valence-electron chi connectivity index (χ3n) is 14.9. The number of H-pyrrole nitrogens is 8. The molecule has 33 heteroatoms. The number of hydrogen-bond acceptors (Lipinski definition) is 22. The maximum Gasteiger partial charge on any atom is 2.00 e. The van der Waals surface area contributed by atoms with Crippen molar-refractivity contribution in [1.82, 2.24) is 79.7 Å². The average molecular weight is 1120 g/mol. The number of nitrogens with one attached hydrogen (secondary N) is 8. The van der Waals surface area contributed by atoms with Crippen LogP contribution in [0.5, 0.6) is 0 Å². The molecule has 0 aliphatic carbocycles. The van der Waals surface area contributed by atoms with E-state index in [1.807, 2.05) is 0 Å². The van der Waals surface area contributed by atoms with Gasteiger partial charge in [-0.2, -0.15) is 0 Å². The van der Waals surface area contributed by atoms with Crippen LogP contribution >= 0.6 is 0 Å². The van der Waals surface area contributed by atoms with Gasteiger partial charge in [0.1, 0.15) is 0 Å². The van der Waals surface area contributed by atoms with Crippen molar-refractivity contribution in [2.45, 2.75) is 0 Å². The summed E-state index contributed by atoms with van der Waals surface area (Å²) in [6.45, 7) is 0. The zero-order valence-corrected chi connectivity index (χ0v) is 39.6. The van der Waals surface area contributed by atoms with Gasteiger partial charge in [-0.3, -0.25) is 117 Å². The Morgan fingerprint density at radius 3 is 0.494 bits per heavy atom. The molecule has 17 rings (SSSR count). The standard InChI is InChI=1S/C48H10N16O16.Fe/c65-33-9-1-2(10-18(17(9)41(73)57-33)42(74)58-34(10)66)26-49-25(1)53-27-3-4(12-20(44(76)60-36(12)68)19-11(3)35(67)59-43(19)75)29(50-27)55-31-7-8(16-24(48(80)64-40(16)72)23-15(7)39(71)63-47(23)79)32(52-31)56-30-6-5(28(51-30)54-26)13-21(45(77)61-37(13)69)22-14(6)38(70)62-46(22)78;/h(H10,49,50,51,52,53,54,55,56,57,58,59,60,61,62,63,64,65,66,67,68,69,70,71,72,73,74,75,76,77,78,79,80);/q;+2/p-2. The molecule has 0 spiro atoms. The number of hydrogen-bond donors (Lipinski definition) is 8. The molecule has 13 heterocycles. The van der Waals surface area contributed by atoms with E-state index in [1.54, 1.807) is 0 Å². The maximum atomic E-state index is 14.0. The summed E-state index contributed by atoms with van der Waals surface area (Å²) in [7, 11) is 0. The molecule has 81 heavy (non-hydrogen) atoms. The van der Waals surface area contributed by atoms with Crippen LogP contribution < -0.4 is 98.9 Å². The minimum Gasteiger partial charge on any atom is -0.357 e. The Hall–Kier alpha value is -12.1. The first-order chi connectivity index (χ1) is 38.3. The third-order valence-corrected chi connectivity index (χ3v) is 14.9. The van der Waals surface area contributed by atoms with Crippen molar-refractivity contribution in [3.05, 3.63) is 166 Å². The molecular formula is C48H8FeN16O16. The molecule has 11 aromatic heterocycles. The quantitative estimate of drug-likeness (QED) is 0.0661. The smallest absolute Gasteiger partial charge is 0.357 e. The number of benzene rings is 4. The van der Waals surface area contributed by atoms with Gasteiger partial charge in [0.15, 0.2) is 0 Å². The summed E-state index contributed by atoms with van der Waals surface area (Å²) in [5.41, 5.74) is -23.8. The van der Waals surface area contributed by atoms with Crippen LogP contribution in [0.25, 0.3) is 176 Å². The molecule has 8 N–H and O–H groups in total. The van der Waals surface area contributed by atoms with Crippen LogP contribution in [-0.2, 0) is 17.1 Å². The van der Waals surface area contributed by atoms with Crippen molar-refractivity contribution in [2.24, 2.45) is 0 Å². The first-order valence-electron chi connectivity index (χ1n) is 22.8. The molecule has 0 saturated carbocycles. The van der Waals surface area contributed by atoms with Gasteiger partial charge in [0.25, 0.3) is 88.9 Å². The van der Waals surface area contributed by atoms with Crippen LogP contribution in [0.15, 0.2) is 76.7 Å². The van der Waals surface area contributed by atoms with Gasteiger partial charge in [0, 0.05) is 66.4 Å². The topological polar surface area (TPSA) is 505 Å². The fraction of sp³-hybridized carbons (Fsp3) is 0. The van der Waals surface area contributed by atoms with Gasteiger partial charge in [-0.25, -0.2) is 9.97 Å². The van der Waals surface area contributed by atoms with Crippen LogP contribution in [0.3, 0.4) is 0 Å². The Morgan fingerprint density at radius 1 is 0.185 bits per heavy atom. The van der Waals surface area contributed by atoms with Crippen LogP contribution in [0.2, 0.25) is 0 Å². The van der Waals surface area contributed by atoms with E-state index in [0.29, 0.717) is 0 Å².